The molecule has 144 valence electrons. The summed E-state index contributed by atoms with van der Waals surface area (Å²) >= 11 is 0. The summed E-state index contributed by atoms with van der Waals surface area (Å²) in [5, 5.41) is 2.76. The molecular weight excluding hydrogens is 368 g/mol. The van der Waals surface area contributed by atoms with Crippen molar-refractivity contribution in [2.24, 2.45) is 0 Å². The van der Waals surface area contributed by atoms with Crippen LogP contribution in [-0.2, 0) is 21.4 Å². The number of ether oxygens (including phenoxy) is 2. The summed E-state index contributed by atoms with van der Waals surface area (Å²) in [6.45, 7) is 3.81. The lowest BCUT2D eigenvalue weighted by molar-refractivity contribution is -0.119. The number of hydrogen-bond donors (Lipinski definition) is 1. The molecule has 0 aliphatic carbocycles. The summed E-state index contributed by atoms with van der Waals surface area (Å²) in [4.78, 5) is 12.4. The number of rotatable bonds is 6. The van der Waals surface area contributed by atoms with Crippen LogP contribution in [0.25, 0.3) is 0 Å². The largest absolute Gasteiger partial charge is 0.454 e. The van der Waals surface area contributed by atoms with E-state index >= 15 is 0 Å². The first-order chi connectivity index (χ1) is 12.8. The zero-order valence-electron chi connectivity index (χ0n) is 15.5. The van der Waals surface area contributed by atoms with Gasteiger partial charge in [-0.25, -0.2) is 8.42 Å². The molecule has 2 aromatic rings. The van der Waals surface area contributed by atoms with Gasteiger partial charge in [-0.15, -0.1) is 0 Å². The monoisotopic (exact) mass is 390 g/mol. The summed E-state index contributed by atoms with van der Waals surface area (Å²) in [5.74, 6) is 0.916. The van der Waals surface area contributed by atoms with Crippen molar-refractivity contribution in [2.45, 2.75) is 20.4 Å². The van der Waals surface area contributed by atoms with Crippen LogP contribution in [0, 0.1) is 13.8 Å². The van der Waals surface area contributed by atoms with Crippen LogP contribution in [0.2, 0.25) is 0 Å². The number of fused-ring (bicyclic) bond motifs is 1. The molecule has 1 aliphatic heterocycles. The number of amides is 1. The molecule has 0 fully saturated rings. The fourth-order valence-corrected chi connectivity index (χ4v) is 3.97. The predicted octanol–water partition coefficient (Wildman–Crippen LogP) is 2.11. The van der Waals surface area contributed by atoms with E-state index in [0.717, 1.165) is 27.3 Å². The number of hydrogen-bond acceptors (Lipinski definition) is 5. The van der Waals surface area contributed by atoms with E-state index < -0.39 is 10.0 Å². The van der Waals surface area contributed by atoms with Gasteiger partial charge in [-0.05, 0) is 42.7 Å². The Kier molecular flexibility index (Phi) is 5.27. The molecule has 2 aromatic carbocycles. The van der Waals surface area contributed by atoms with Gasteiger partial charge in [0.05, 0.1) is 11.9 Å². The quantitative estimate of drug-likeness (QED) is 0.817. The second-order valence-electron chi connectivity index (χ2n) is 6.47. The van der Waals surface area contributed by atoms with Gasteiger partial charge in [-0.1, -0.05) is 24.3 Å². The van der Waals surface area contributed by atoms with E-state index in [1.54, 1.807) is 12.1 Å². The van der Waals surface area contributed by atoms with Crippen LogP contribution in [0.3, 0.4) is 0 Å². The molecule has 1 amide bonds. The Balaban J connectivity index is 1.72. The van der Waals surface area contributed by atoms with Crippen LogP contribution in [-0.4, -0.2) is 33.9 Å². The molecule has 8 heteroatoms. The number of aryl methyl sites for hydroxylation is 2. The number of carbonyl (C=O) groups is 1. The van der Waals surface area contributed by atoms with Gasteiger partial charge in [-0.2, -0.15) is 0 Å². The molecule has 1 aliphatic rings. The number of benzene rings is 2. The summed E-state index contributed by atoms with van der Waals surface area (Å²) in [6.07, 6.45) is 1.10. The van der Waals surface area contributed by atoms with E-state index in [2.05, 4.69) is 5.32 Å². The third-order valence-electron chi connectivity index (χ3n) is 4.30. The number of para-hydroxylation sites is 1. The minimum absolute atomic E-state index is 0.185. The first kappa shape index (κ1) is 19.0. The molecular formula is C19H22N2O5S. The van der Waals surface area contributed by atoms with Gasteiger partial charge in [0.15, 0.2) is 11.5 Å². The Morgan fingerprint density at radius 3 is 2.44 bits per heavy atom. The van der Waals surface area contributed by atoms with Crippen LogP contribution in [0.4, 0.5) is 5.69 Å². The summed E-state index contributed by atoms with van der Waals surface area (Å²) in [7, 11) is -3.61. The van der Waals surface area contributed by atoms with Crippen molar-refractivity contribution in [3.63, 3.8) is 0 Å². The Bertz CT molecular complexity index is 952. The van der Waals surface area contributed by atoms with Gasteiger partial charge in [0.2, 0.25) is 22.7 Å². The highest BCUT2D eigenvalue weighted by Gasteiger charge is 2.23. The Morgan fingerprint density at radius 2 is 1.78 bits per heavy atom. The smallest absolute Gasteiger partial charge is 0.241 e. The van der Waals surface area contributed by atoms with Crippen molar-refractivity contribution in [1.29, 1.82) is 0 Å². The Hall–Kier alpha value is -2.74. The lowest BCUT2D eigenvalue weighted by Gasteiger charge is -2.25. The highest BCUT2D eigenvalue weighted by atomic mass is 32.2. The topological polar surface area (TPSA) is 84.9 Å². The summed E-state index contributed by atoms with van der Waals surface area (Å²) in [6, 6.07) is 10.9. The van der Waals surface area contributed by atoms with Crippen molar-refractivity contribution < 1.29 is 22.7 Å². The molecule has 7 nitrogen and oxygen atoms in total. The van der Waals surface area contributed by atoms with Gasteiger partial charge < -0.3 is 14.8 Å². The molecule has 0 saturated heterocycles. The van der Waals surface area contributed by atoms with Gasteiger partial charge in [0.1, 0.15) is 6.54 Å². The van der Waals surface area contributed by atoms with Crippen molar-refractivity contribution in [3.8, 4) is 11.5 Å². The molecule has 0 radical (unpaired) electrons. The van der Waals surface area contributed by atoms with Crippen LogP contribution in [0.5, 0.6) is 11.5 Å². The first-order valence-electron chi connectivity index (χ1n) is 8.45. The van der Waals surface area contributed by atoms with Gasteiger partial charge in [0.25, 0.3) is 0 Å². The number of nitrogens with one attached hydrogen (secondary N) is 1. The van der Waals surface area contributed by atoms with Gasteiger partial charge in [0, 0.05) is 6.54 Å². The normalized spacial score (nSPS) is 12.7. The number of carbonyl (C=O) groups excluding carboxylic acids is 1. The molecule has 0 unspecified atom stereocenters. The van der Waals surface area contributed by atoms with Gasteiger partial charge >= 0.3 is 0 Å². The van der Waals surface area contributed by atoms with E-state index in [4.69, 9.17) is 9.47 Å². The highest BCUT2D eigenvalue weighted by molar-refractivity contribution is 7.92. The number of nitrogens with zero attached hydrogens (tertiary/aromatic N) is 1. The third kappa shape index (κ3) is 4.33. The van der Waals surface area contributed by atoms with E-state index in [-0.39, 0.29) is 25.8 Å². The Morgan fingerprint density at radius 1 is 1.11 bits per heavy atom. The average molecular weight is 390 g/mol. The molecule has 0 saturated carbocycles. The zero-order valence-corrected chi connectivity index (χ0v) is 16.3. The zero-order chi connectivity index (χ0) is 19.6. The molecule has 0 bridgehead atoms. The average Bonchev–Trinajstić information content (AvgIpc) is 3.05. The molecule has 1 N–H and O–H groups in total. The first-order valence-corrected chi connectivity index (χ1v) is 10.3. The van der Waals surface area contributed by atoms with E-state index in [0.29, 0.717) is 17.2 Å². The Labute approximate surface area is 158 Å². The second kappa shape index (κ2) is 7.48. The third-order valence-corrected chi connectivity index (χ3v) is 5.42. The number of anilines is 1. The van der Waals surface area contributed by atoms with Crippen LogP contribution >= 0.6 is 0 Å². The maximum atomic E-state index is 12.4. The van der Waals surface area contributed by atoms with Crippen molar-refractivity contribution in [3.05, 3.63) is 53.1 Å². The molecule has 0 atom stereocenters. The molecule has 1 heterocycles. The summed E-state index contributed by atoms with van der Waals surface area (Å²) < 4.78 is 36.3. The highest BCUT2D eigenvalue weighted by Crippen LogP contribution is 2.32. The van der Waals surface area contributed by atoms with Crippen molar-refractivity contribution >= 4 is 21.6 Å². The van der Waals surface area contributed by atoms with E-state index in [1.165, 1.54) is 0 Å². The van der Waals surface area contributed by atoms with Crippen molar-refractivity contribution in [2.75, 3.05) is 23.9 Å². The van der Waals surface area contributed by atoms with E-state index in [1.807, 2.05) is 38.1 Å². The lowest BCUT2D eigenvalue weighted by Crippen LogP contribution is -2.40. The minimum atomic E-state index is -3.61. The van der Waals surface area contributed by atoms with Crippen LogP contribution in [0.15, 0.2) is 36.4 Å². The summed E-state index contributed by atoms with van der Waals surface area (Å²) in [5.41, 5.74) is 2.97. The van der Waals surface area contributed by atoms with Crippen LogP contribution in [0.1, 0.15) is 16.7 Å². The maximum absolute atomic E-state index is 12.4. The molecule has 0 spiro atoms. The molecule has 0 aromatic heterocycles. The maximum Gasteiger partial charge on any atom is 0.241 e. The lowest BCUT2D eigenvalue weighted by atomic mass is 10.1. The standard InChI is InChI=1S/C19H22N2O5S/c1-13-5-4-6-14(2)19(13)21(27(3,23)24)11-18(22)20-10-15-7-8-16-17(9-15)26-12-25-16/h4-9H,10-12H2,1-3H3,(H,20,22). The van der Waals surface area contributed by atoms with Gasteiger partial charge in [-0.3, -0.25) is 9.10 Å². The minimum Gasteiger partial charge on any atom is -0.454 e. The second-order valence-corrected chi connectivity index (χ2v) is 8.38. The van der Waals surface area contributed by atoms with E-state index in [9.17, 15) is 13.2 Å². The molecule has 3 rings (SSSR count). The van der Waals surface area contributed by atoms with Crippen LogP contribution < -0.4 is 19.1 Å². The SMILES string of the molecule is Cc1cccc(C)c1N(CC(=O)NCc1ccc2c(c1)OCO2)S(C)(=O)=O. The van der Waals surface area contributed by atoms with Crippen molar-refractivity contribution in [1.82, 2.24) is 5.32 Å². The fraction of sp³-hybridized carbons (Fsp3) is 0.316. The fourth-order valence-electron chi connectivity index (χ4n) is 3.00. The number of sulfonamides is 1. The molecule has 27 heavy (non-hydrogen) atoms. The predicted molar refractivity (Wildman–Crippen MR) is 103 cm³/mol.